The Morgan fingerprint density at radius 1 is 1.33 bits per heavy atom. The van der Waals surface area contributed by atoms with Crippen LogP contribution in [0.5, 0.6) is 0 Å². The zero-order valence-corrected chi connectivity index (χ0v) is 10.5. The summed E-state index contributed by atoms with van der Waals surface area (Å²) in [6.07, 6.45) is 5.32. The lowest BCUT2D eigenvalue weighted by Crippen LogP contribution is -2.40. The average Bonchev–Trinajstić information content (AvgIpc) is 2.81. The third kappa shape index (κ3) is 2.98. The highest BCUT2D eigenvalue weighted by molar-refractivity contribution is 5.99. The number of H-pyrrole nitrogens is 1. The van der Waals surface area contributed by atoms with E-state index in [9.17, 15) is 9.59 Å². The first kappa shape index (κ1) is 12.8. The number of carbonyl (C=O) groups is 2. The van der Waals surface area contributed by atoms with Gasteiger partial charge in [0.05, 0.1) is 0 Å². The Bertz CT molecular complexity index is 445. The van der Waals surface area contributed by atoms with Crippen molar-refractivity contribution >= 4 is 11.7 Å². The van der Waals surface area contributed by atoms with Gasteiger partial charge in [0.2, 0.25) is 0 Å². The van der Waals surface area contributed by atoms with Gasteiger partial charge in [0.15, 0.2) is 5.78 Å². The monoisotopic (exact) mass is 249 g/mol. The second kappa shape index (κ2) is 5.35. The number of Topliss-reactive ketones (excluding diaryl/α,β-unsaturated/α-hetero) is 1. The largest absolute Gasteiger partial charge is 0.356 e. The number of aromatic nitrogens is 1. The van der Waals surface area contributed by atoms with Crippen molar-refractivity contribution in [3.63, 3.8) is 0 Å². The van der Waals surface area contributed by atoms with Crippen LogP contribution in [0.4, 0.5) is 0 Å². The topological polar surface area (TPSA) is 88.0 Å². The molecule has 1 fully saturated rings. The second-order valence-electron chi connectivity index (χ2n) is 4.94. The van der Waals surface area contributed by atoms with E-state index < -0.39 is 0 Å². The van der Waals surface area contributed by atoms with Gasteiger partial charge in [-0.3, -0.25) is 9.59 Å². The Balaban J connectivity index is 1.93. The van der Waals surface area contributed by atoms with Crippen molar-refractivity contribution in [2.24, 2.45) is 5.73 Å². The Morgan fingerprint density at radius 3 is 2.56 bits per heavy atom. The molecule has 0 spiro atoms. The summed E-state index contributed by atoms with van der Waals surface area (Å²) in [5.41, 5.74) is 6.79. The molecule has 0 radical (unpaired) electrons. The molecule has 1 heterocycles. The maximum Gasteiger partial charge on any atom is 0.267 e. The highest BCUT2D eigenvalue weighted by atomic mass is 16.2. The van der Waals surface area contributed by atoms with Gasteiger partial charge in [-0.2, -0.15) is 0 Å². The number of carbonyl (C=O) groups excluding carboxylic acids is 2. The van der Waals surface area contributed by atoms with Crippen molar-refractivity contribution in [2.45, 2.75) is 44.7 Å². The highest BCUT2D eigenvalue weighted by Crippen LogP contribution is 2.17. The molecule has 0 unspecified atom stereocenters. The Hall–Kier alpha value is -1.62. The Kier molecular flexibility index (Phi) is 3.81. The molecule has 1 amide bonds. The predicted octanol–water partition coefficient (Wildman–Crippen LogP) is 1.22. The van der Waals surface area contributed by atoms with E-state index in [0.29, 0.717) is 11.3 Å². The van der Waals surface area contributed by atoms with Gasteiger partial charge >= 0.3 is 0 Å². The van der Waals surface area contributed by atoms with Crippen molar-refractivity contribution in [1.29, 1.82) is 0 Å². The SMILES string of the molecule is CC(=O)c1c[nH]c(C(=O)N[C@H]2CC[C@H](N)CC2)c1. The molecule has 2 rings (SSSR count). The molecular weight excluding hydrogens is 230 g/mol. The fourth-order valence-corrected chi connectivity index (χ4v) is 2.26. The molecule has 18 heavy (non-hydrogen) atoms. The zero-order valence-electron chi connectivity index (χ0n) is 10.5. The summed E-state index contributed by atoms with van der Waals surface area (Å²) in [6, 6.07) is 2.06. The number of ketones is 1. The van der Waals surface area contributed by atoms with Crippen LogP contribution in [-0.4, -0.2) is 28.8 Å². The van der Waals surface area contributed by atoms with Crippen LogP contribution in [0.3, 0.4) is 0 Å². The van der Waals surface area contributed by atoms with Crippen LogP contribution in [-0.2, 0) is 0 Å². The molecular formula is C13H19N3O2. The highest BCUT2D eigenvalue weighted by Gasteiger charge is 2.21. The van der Waals surface area contributed by atoms with Crippen molar-refractivity contribution in [3.05, 3.63) is 23.5 Å². The van der Waals surface area contributed by atoms with Gasteiger partial charge < -0.3 is 16.0 Å². The molecule has 5 nitrogen and oxygen atoms in total. The van der Waals surface area contributed by atoms with E-state index in [4.69, 9.17) is 5.73 Å². The van der Waals surface area contributed by atoms with Crippen LogP contribution in [0.25, 0.3) is 0 Å². The molecule has 1 aromatic rings. The maximum atomic E-state index is 11.9. The molecule has 5 heteroatoms. The number of amides is 1. The molecule has 1 aromatic heterocycles. The van der Waals surface area contributed by atoms with E-state index >= 15 is 0 Å². The van der Waals surface area contributed by atoms with Crippen LogP contribution < -0.4 is 11.1 Å². The van der Waals surface area contributed by atoms with Crippen LogP contribution in [0.2, 0.25) is 0 Å². The van der Waals surface area contributed by atoms with E-state index in [0.717, 1.165) is 25.7 Å². The molecule has 1 aliphatic carbocycles. The fourth-order valence-electron chi connectivity index (χ4n) is 2.26. The van der Waals surface area contributed by atoms with Crippen molar-refractivity contribution in [1.82, 2.24) is 10.3 Å². The smallest absolute Gasteiger partial charge is 0.267 e. The lowest BCUT2D eigenvalue weighted by Gasteiger charge is -2.26. The number of hydrogen-bond acceptors (Lipinski definition) is 3. The Morgan fingerprint density at radius 2 is 2.00 bits per heavy atom. The first-order valence-electron chi connectivity index (χ1n) is 6.32. The first-order valence-corrected chi connectivity index (χ1v) is 6.32. The molecule has 0 aliphatic heterocycles. The quantitative estimate of drug-likeness (QED) is 0.704. The molecule has 1 aliphatic rings. The summed E-state index contributed by atoms with van der Waals surface area (Å²) in [4.78, 5) is 25.9. The van der Waals surface area contributed by atoms with E-state index in [1.807, 2.05) is 0 Å². The summed E-state index contributed by atoms with van der Waals surface area (Å²) < 4.78 is 0. The van der Waals surface area contributed by atoms with Gasteiger partial charge in [-0.25, -0.2) is 0 Å². The van der Waals surface area contributed by atoms with Crippen LogP contribution >= 0.6 is 0 Å². The average molecular weight is 249 g/mol. The fraction of sp³-hybridized carbons (Fsp3) is 0.538. The summed E-state index contributed by atoms with van der Waals surface area (Å²) >= 11 is 0. The van der Waals surface area contributed by atoms with E-state index in [-0.39, 0.29) is 23.8 Å². The van der Waals surface area contributed by atoms with Gasteiger partial charge in [-0.05, 0) is 38.7 Å². The number of hydrogen-bond donors (Lipinski definition) is 3. The summed E-state index contributed by atoms with van der Waals surface area (Å²) in [5, 5.41) is 2.97. The molecule has 4 N–H and O–H groups in total. The molecule has 0 saturated heterocycles. The number of aromatic amines is 1. The molecule has 98 valence electrons. The minimum atomic E-state index is -0.150. The second-order valence-corrected chi connectivity index (χ2v) is 4.94. The van der Waals surface area contributed by atoms with Gasteiger partial charge in [0.1, 0.15) is 5.69 Å². The molecule has 0 bridgehead atoms. The van der Waals surface area contributed by atoms with Gasteiger partial charge in [0, 0.05) is 23.8 Å². The minimum Gasteiger partial charge on any atom is -0.356 e. The van der Waals surface area contributed by atoms with Gasteiger partial charge in [-0.15, -0.1) is 0 Å². The van der Waals surface area contributed by atoms with E-state index in [1.165, 1.54) is 6.92 Å². The summed E-state index contributed by atoms with van der Waals surface area (Å²) in [7, 11) is 0. The third-order valence-corrected chi connectivity index (χ3v) is 3.44. The summed E-state index contributed by atoms with van der Waals surface area (Å²) in [5.74, 6) is -0.197. The lowest BCUT2D eigenvalue weighted by atomic mass is 9.92. The maximum absolute atomic E-state index is 11.9. The third-order valence-electron chi connectivity index (χ3n) is 3.44. The van der Waals surface area contributed by atoms with Crippen molar-refractivity contribution in [3.8, 4) is 0 Å². The van der Waals surface area contributed by atoms with Gasteiger partial charge in [-0.1, -0.05) is 0 Å². The molecule has 0 aromatic carbocycles. The van der Waals surface area contributed by atoms with Gasteiger partial charge in [0.25, 0.3) is 5.91 Å². The number of nitrogens with one attached hydrogen (secondary N) is 2. The molecule has 0 atom stereocenters. The summed E-state index contributed by atoms with van der Waals surface area (Å²) in [6.45, 7) is 1.48. The van der Waals surface area contributed by atoms with Crippen LogP contribution in [0.15, 0.2) is 12.3 Å². The zero-order chi connectivity index (χ0) is 13.1. The lowest BCUT2D eigenvalue weighted by molar-refractivity contribution is 0.0921. The molecule has 1 saturated carbocycles. The van der Waals surface area contributed by atoms with Crippen molar-refractivity contribution in [2.75, 3.05) is 0 Å². The normalized spacial score (nSPS) is 23.7. The number of rotatable bonds is 3. The predicted molar refractivity (Wildman–Crippen MR) is 68.5 cm³/mol. The number of nitrogens with two attached hydrogens (primary N) is 1. The van der Waals surface area contributed by atoms with Crippen LogP contribution in [0.1, 0.15) is 53.5 Å². The van der Waals surface area contributed by atoms with Crippen LogP contribution in [0, 0.1) is 0 Å². The van der Waals surface area contributed by atoms with E-state index in [2.05, 4.69) is 10.3 Å². The minimum absolute atomic E-state index is 0.0473. The Labute approximate surface area is 106 Å². The standard InChI is InChI=1S/C13H19N3O2/c1-8(17)9-6-12(15-7-9)13(18)16-11-4-2-10(14)3-5-11/h6-7,10-11,15H,2-5,14H2,1H3,(H,16,18)/t10-,11-. The first-order chi connectivity index (χ1) is 8.56. The van der Waals surface area contributed by atoms with E-state index in [1.54, 1.807) is 12.3 Å². The van der Waals surface area contributed by atoms with Crippen molar-refractivity contribution < 1.29 is 9.59 Å².